The number of hydrogen-bond acceptors (Lipinski definition) is 1. The fourth-order valence-electron chi connectivity index (χ4n) is 1.18. The minimum Gasteiger partial charge on any atom is -0.324 e. The molecule has 1 rings (SSSR count). The summed E-state index contributed by atoms with van der Waals surface area (Å²) >= 11 is 11.7. The summed E-state index contributed by atoms with van der Waals surface area (Å²) in [6.07, 6.45) is 0. The Bertz CT molecular complexity index is 339. The van der Waals surface area contributed by atoms with Crippen molar-refractivity contribution in [3.05, 3.63) is 33.6 Å². The highest BCUT2D eigenvalue weighted by molar-refractivity contribution is 6.42. The van der Waals surface area contributed by atoms with Crippen LogP contribution in [0.4, 0.5) is 4.39 Å². The van der Waals surface area contributed by atoms with E-state index in [4.69, 9.17) is 28.9 Å². The van der Waals surface area contributed by atoms with E-state index >= 15 is 0 Å². The Morgan fingerprint density at radius 2 is 1.86 bits per heavy atom. The van der Waals surface area contributed by atoms with Gasteiger partial charge in [-0.25, -0.2) is 4.39 Å². The monoisotopic (exact) mass is 235 g/mol. The molecule has 1 nitrogen and oxygen atoms in total. The number of hydrogen-bond donors (Lipinski definition) is 1. The highest BCUT2D eigenvalue weighted by atomic mass is 35.5. The van der Waals surface area contributed by atoms with E-state index in [-0.39, 0.29) is 17.0 Å². The first kappa shape index (κ1) is 11.8. The highest BCUT2D eigenvalue weighted by Crippen LogP contribution is 2.32. The third-order valence-electron chi connectivity index (χ3n) is 2.10. The van der Waals surface area contributed by atoms with Crippen molar-refractivity contribution in [2.24, 2.45) is 11.7 Å². The van der Waals surface area contributed by atoms with E-state index in [0.717, 1.165) is 0 Å². The minimum absolute atomic E-state index is 0.186. The molecule has 0 saturated carbocycles. The van der Waals surface area contributed by atoms with E-state index in [2.05, 4.69) is 0 Å². The Morgan fingerprint density at radius 1 is 1.29 bits per heavy atom. The van der Waals surface area contributed by atoms with Crippen LogP contribution in [0.15, 0.2) is 12.1 Å². The molecule has 2 N–H and O–H groups in total. The molecule has 0 spiro atoms. The van der Waals surface area contributed by atoms with Gasteiger partial charge in [-0.15, -0.1) is 0 Å². The third kappa shape index (κ3) is 2.38. The average Bonchev–Trinajstić information content (AvgIpc) is 2.09. The molecule has 0 fully saturated rings. The summed E-state index contributed by atoms with van der Waals surface area (Å²) in [6.45, 7) is 3.89. The highest BCUT2D eigenvalue weighted by Gasteiger charge is 2.17. The quantitative estimate of drug-likeness (QED) is 0.776. The van der Waals surface area contributed by atoms with Gasteiger partial charge in [-0.05, 0) is 23.6 Å². The van der Waals surface area contributed by atoms with Crippen LogP contribution in [0.3, 0.4) is 0 Å². The van der Waals surface area contributed by atoms with Crippen molar-refractivity contribution >= 4 is 23.2 Å². The molecule has 0 unspecified atom stereocenters. The van der Waals surface area contributed by atoms with E-state index in [9.17, 15) is 4.39 Å². The summed E-state index contributed by atoms with van der Waals surface area (Å²) in [6, 6.07) is 2.22. The lowest BCUT2D eigenvalue weighted by molar-refractivity contribution is 0.510. The van der Waals surface area contributed by atoms with Crippen molar-refractivity contribution in [2.45, 2.75) is 19.9 Å². The topological polar surface area (TPSA) is 26.0 Å². The largest absolute Gasteiger partial charge is 0.324 e. The molecule has 0 aromatic heterocycles. The van der Waals surface area contributed by atoms with E-state index < -0.39 is 5.82 Å². The lowest BCUT2D eigenvalue weighted by Crippen LogP contribution is -2.17. The van der Waals surface area contributed by atoms with Gasteiger partial charge in [0.15, 0.2) is 0 Å². The molecule has 0 radical (unpaired) electrons. The Hall–Kier alpha value is -0.310. The van der Waals surface area contributed by atoms with Gasteiger partial charge in [-0.1, -0.05) is 37.0 Å². The molecule has 78 valence electrons. The lowest BCUT2D eigenvalue weighted by atomic mass is 9.97. The standard InChI is InChI=1S/C10H12Cl2FN/c1-5(2)10(14)7-3-6(13)4-8(11)9(7)12/h3-5,10H,14H2,1-2H3/t10-/m0/s1. The second-order valence-electron chi connectivity index (χ2n) is 3.56. The fraction of sp³-hybridized carbons (Fsp3) is 0.400. The second-order valence-corrected chi connectivity index (χ2v) is 4.35. The summed E-state index contributed by atoms with van der Waals surface area (Å²) in [5.74, 6) is -0.226. The van der Waals surface area contributed by atoms with Crippen LogP contribution in [0.2, 0.25) is 10.0 Å². The zero-order valence-electron chi connectivity index (χ0n) is 8.02. The minimum atomic E-state index is -0.412. The molecule has 0 amide bonds. The number of nitrogens with two attached hydrogens (primary N) is 1. The van der Waals surface area contributed by atoms with Crippen molar-refractivity contribution in [2.75, 3.05) is 0 Å². The maximum absolute atomic E-state index is 13.0. The zero-order chi connectivity index (χ0) is 10.9. The molecule has 4 heteroatoms. The number of halogens is 3. The Kier molecular flexibility index (Phi) is 3.76. The SMILES string of the molecule is CC(C)[C@H](N)c1cc(F)cc(Cl)c1Cl. The predicted molar refractivity (Wildman–Crippen MR) is 58.2 cm³/mol. The molecule has 0 aliphatic carbocycles. The molecule has 14 heavy (non-hydrogen) atoms. The predicted octanol–water partition coefficient (Wildman–Crippen LogP) is 3.79. The Balaban J connectivity index is 3.20. The number of benzene rings is 1. The third-order valence-corrected chi connectivity index (χ3v) is 2.92. The van der Waals surface area contributed by atoms with Crippen LogP contribution in [-0.4, -0.2) is 0 Å². The van der Waals surface area contributed by atoms with E-state index in [0.29, 0.717) is 10.6 Å². The van der Waals surface area contributed by atoms with Crippen LogP contribution >= 0.6 is 23.2 Å². The normalized spacial score (nSPS) is 13.4. The van der Waals surface area contributed by atoms with Gasteiger partial charge in [-0.2, -0.15) is 0 Å². The van der Waals surface area contributed by atoms with Gasteiger partial charge in [0, 0.05) is 6.04 Å². The lowest BCUT2D eigenvalue weighted by Gasteiger charge is -2.18. The first-order valence-corrected chi connectivity index (χ1v) is 5.09. The molecule has 0 aliphatic heterocycles. The van der Waals surface area contributed by atoms with Gasteiger partial charge in [0.25, 0.3) is 0 Å². The molecule has 1 atom stereocenters. The second kappa shape index (κ2) is 4.47. The van der Waals surface area contributed by atoms with Crippen LogP contribution in [-0.2, 0) is 0 Å². The Morgan fingerprint density at radius 3 is 2.36 bits per heavy atom. The molecule has 0 heterocycles. The van der Waals surface area contributed by atoms with Crippen LogP contribution in [0, 0.1) is 11.7 Å². The molecule has 0 bridgehead atoms. The summed E-state index contributed by atoms with van der Waals surface area (Å²) in [5, 5.41) is 0.548. The zero-order valence-corrected chi connectivity index (χ0v) is 9.53. The van der Waals surface area contributed by atoms with Gasteiger partial charge >= 0.3 is 0 Å². The Labute approximate surface area is 93.0 Å². The van der Waals surface area contributed by atoms with Gasteiger partial charge < -0.3 is 5.73 Å². The molecular formula is C10H12Cl2FN. The van der Waals surface area contributed by atoms with E-state index in [1.165, 1.54) is 12.1 Å². The average molecular weight is 236 g/mol. The first-order valence-electron chi connectivity index (χ1n) is 4.33. The van der Waals surface area contributed by atoms with Crippen molar-refractivity contribution in [3.63, 3.8) is 0 Å². The molecular weight excluding hydrogens is 224 g/mol. The molecule has 0 aliphatic rings. The molecule has 0 saturated heterocycles. The number of rotatable bonds is 2. The summed E-state index contributed by atoms with van der Waals surface area (Å²) < 4.78 is 13.0. The van der Waals surface area contributed by atoms with Crippen molar-refractivity contribution in [1.82, 2.24) is 0 Å². The van der Waals surface area contributed by atoms with Gasteiger partial charge in [0.2, 0.25) is 0 Å². The van der Waals surface area contributed by atoms with Gasteiger partial charge in [-0.3, -0.25) is 0 Å². The fourth-order valence-corrected chi connectivity index (χ4v) is 1.63. The van der Waals surface area contributed by atoms with Crippen molar-refractivity contribution in [3.8, 4) is 0 Å². The van der Waals surface area contributed by atoms with Crippen LogP contribution in [0.5, 0.6) is 0 Å². The van der Waals surface area contributed by atoms with Crippen molar-refractivity contribution < 1.29 is 4.39 Å². The first-order chi connectivity index (χ1) is 6.43. The van der Waals surface area contributed by atoms with E-state index in [1.54, 1.807) is 0 Å². The summed E-state index contributed by atoms with van der Waals surface area (Å²) in [4.78, 5) is 0. The van der Waals surface area contributed by atoms with Gasteiger partial charge in [0.1, 0.15) is 5.82 Å². The van der Waals surface area contributed by atoms with Crippen LogP contribution in [0.1, 0.15) is 25.5 Å². The summed E-state index contributed by atoms with van der Waals surface area (Å²) in [7, 11) is 0. The smallest absolute Gasteiger partial charge is 0.125 e. The summed E-state index contributed by atoms with van der Waals surface area (Å²) in [5.41, 5.74) is 6.43. The van der Waals surface area contributed by atoms with Gasteiger partial charge in [0.05, 0.1) is 10.0 Å². The van der Waals surface area contributed by atoms with Crippen LogP contribution < -0.4 is 5.73 Å². The molecule has 1 aromatic rings. The maximum atomic E-state index is 13.0. The maximum Gasteiger partial charge on any atom is 0.125 e. The molecule has 1 aromatic carbocycles. The van der Waals surface area contributed by atoms with E-state index in [1.807, 2.05) is 13.8 Å². The van der Waals surface area contributed by atoms with Crippen LogP contribution in [0.25, 0.3) is 0 Å². The van der Waals surface area contributed by atoms with Crippen molar-refractivity contribution in [1.29, 1.82) is 0 Å².